The quantitative estimate of drug-likeness (QED) is 0.621. The van der Waals surface area contributed by atoms with Gasteiger partial charge < -0.3 is 5.11 Å². The van der Waals surface area contributed by atoms with Crippen LogP contribution in [-0.2, 0) is 6.42 Å². The summed E-state index contributed by atoms with van der Waals surface area (Å²) in [6.45, 7) is 9.33. The maximum absolute atomic E-state index is 9.92. The number of benzene rings is 1. The van der Waals surface area contributed by atoms with Crippen molar-refractivity contribution in [2.24, 2.45) is 0 Å². The highest BCUT2D eigenvalue weighted by atomic mass is 16.3. The summed E-state index contributed by atoms with van der Waals surface area (Å²) >= 11 is 0. The highest BCUT2D eigenvalue weighted by Crippen LogP contribution is 2.12. The summed E-state index contributed by atoms with van der Waals surface area (Å²) in [7, 11) is 0. The van der Waals surface area contributed by atoms with Crippen molar-refractivity contribution in [2.45, 2.75) is 39.2 Å². The summed E-state index contributed by atoms with van der Waals surface area (Å²) in [5.41, 5.74) is 1.80. The molecule has 1 unspecified atom stereocenters. The van der Waals surface area contributed by atoms with Crippen LogP contribution in [0.4, 0.5) is 0 Å². The third-order valence-electron chi connectivity index (χ3n) is 2.77. The van der Waals surface area contributed by atoms with Crippen molar-refractivity contribution in [2.75, 3.05) is 0 Å². The summed E-state index contributed by atoms with van der Waals surface area (Å²) in [4.78, 5) is 0. The lowest BCUT2D eigenvalue weighted by molar-refractivity contribution is 0.161. The van der Waals surface area contributed by atoms with Crippen LogP contribution in [0.3, 0.4) is 0 Å². The minimum atomic E-state index is -1.11. The molecule has 0 aliphatic rings. The van der Waals surface area contributed by atoms with Crippen molar-refractivity contribution >= 4 is 0 Å². The third-order valence-corrected chi connectivity index (χ3v) is 2.77. The Kier molecular flexibility index (Phi) is 4.54. The Balaban J connectivity index is 2.83. The van der Waals surface area contributed by atoms with Gasteiger partial charge in [0.1, 0.15) is 5.60 Å². The molecule has 0 spiro atoms. The van der Waals surface area contributed by atoms with E-state index in [4.69, 9.17) is 0 Å². The van der Waals surface area contributed by atoms with Gasteiger partial charge in [0.05, 0.1) is 0 Å². The first-order chi connectivity index (χ1) is 7.95. The monoisotopic (exact) mass is 228 g/mol. The molecule has 0 radical (unpaired) electrons. The van der Waals surface area contributed by atoms with Gasteiger partial charge in [-0.15, -0.1) is 0 Å². The van der Waals surface area contributed by atoms with Crippen LogP contribution in [0.1, 0.15) is 38.3 Å². The standard InChI is InChI=1S/C16H20O/c1-5-6-14-7-9-15(10-8-14)11-12-16(4,17)13(2)3/h7-10,17H,2,5-6H2,1,3-4H3. The van der Waals surface area contributed by atoms with E-state index >= 15 is 0 Å². The van der Waals surface area contributed by atoms with Crippen LogP contribution < -0.4 is 0 Å². The fourth-order valence-electron chi connectivity index (χ4n) is 1.34. The number of aryl methyl sites for hydroxylation is 1. The molecule has 17 heavy (non-hydrogen) atoms. The Morgan fingerprint density at radius 2 is 1.94 bits per heavy atom. The van der Waals surface area contributed by atoms with Crippen LogP contribution in [-0.4, -0.2) is 10.7 Å². The minimum Gasteiger partial charge on any atom is -0.374 e. The highest BCUT2D eigenvalue weighted by molar-refractivity contribution is 5.40. The number of hydrogen-bond acceptors (Lipinski definition) is 1. The van der Waals surface area contributed by atoms with Gasteiger partial charge in [0.25, 0.3) is 0 Å². The van der Waals surface area contributed by atoms with Crippen molar-refractivity contribution in [3.05, 3.63) is 47.5 Å². The predicted octanol–water partition coefficient (Wildman–Crippen LogP) is 3.32. The Labute approximate surface area is 104 Å². The molecule has 1 rings (SSSR count). The summed E-state index contributed by atoms with van der Waals surface area (Å²) in [6.07, 6.45) is 2.24. The third kappa shape index (κ3) is 4.09. The fourth-order valence-corrected chi connectivity index (χ4v) is 1.34. The second kappa shape index (κ2) is 5.70. The summed E-state index contributed by atoms with van der Waals surface area (Å²) < 4.78 is 0. The second-order valence-electron chi connectivity index (χ2n) is 4.55. The lowest BCUT2D eigenvalue weighted by atomic mass is 9.99. The maximum atomic E-state index is 9.92. The van der Waals surface area contributed by atoms with Gasteiger partial charge in [0, 0.05) is 5.56 Å². The average molecular weight is 228 g/mol. The molecule has 0 amide bonds. The average Bonchev–Trinajstić information content (AvgIpc) is 2.28. The first kappa shape index (κ1) is 13.5. The molecule has 0 bridgehead atoms. The molecule has 1 aromatic carbocycles. The van der Waals surface area contributed by atoms with E-state index in [0.717, 1.165) is 18.4 Å². The first-order valence-electron chi connectivity index (χ1n) is 5.96. The molecule has 1 N–H and O–H groups in total. The van der Waals surface area contributed by atoms with E-state index in [1.807, 2.05) is 12.1 Å². The molecule has 1 heteroatoms. The molecule has 1 aromatic rings. The molecule has 1 nitrogen and oxygen atoms in total. The lowest BCUT2D eigenvalue weighted by Crippen LogP contribution is -2.22. The van der Waals surface area contributed by atoms with Crippen LogP contribution in [0.15, 0.2) is 36.4 Å². The van der Waals surface area contributed by atoms with Gasteiger partial charge in [0.2, 0.25) is 0 Å². The normalized spacial score (nSPS) is 13.4. The van der Waals surface area contributed by atoms with E-state index in [1.165, 1.54) is 5.56 Å². The Morgan fingerprint density at radius 1 is 1.35 bits per heavy atom. The summed E-state index contributed by atoms with van der Waals surface area (Å²) in [5, 5.41) is 9.92. The zero-order valence-corrected chi connectivity index (χ0v) is 10.9. The van der Waals surface area contributed by atoms with E-state index in [0.29, 0.717) is 5.57 Å². The van der Waals surface area contributed by atoms with Crippen LogP contribution in [0.5, 0.6) is 0 Å². The number of hydrogen-bond donors (Lipinski definition) is 1. The first-order valence-corrected chi connectivity index (χ1v) is 5.96. The molecule has 0 saturated carbocycles. The van der Waals surface area contributed by atoms with E-state index in [-0.39, 0.29) is 0 Å². The van der Waals surface area contributed by atoms with Gasteiger partial charge in [0.15, 0.2) is 0 Å². The van der Waals surface area contributed by atoms with Gasteiger partial charge in [-0.2, -0.15) is 0 Å². The topological polar surface area (TPSA) is 20.2 Å². The molecule has 0 heterocycles. The van der Waals surface area contributed by atoms with E-state index in [9.17, 15) is 5.11 Å². The fraction of sp³-hybridized carbons (Fsp3) is 0.375. The molecule has 90 valence electrons. The number of aliphatic hydroxyl groups is 1. The molecule has 1 atom stereocenters. The summed E-state index contributed by atoms with van der Waals surface area (Å²) in [5.74, 6) is 5.81. The van der Waals surface area contributed by atoms with Gasteiger partial charge in [-0.05, 0) is 43.5 Å². The molecule has 0 aliphatic carbocycles. The molecule has 0 fully saturated rings. The molecule has 0 aliphatic heterocycles. The lowest BCUT2D eigenvalue weighted by Gasteiger charge is -2.15. The van der Waals surface area contributed by atoms with Crippen molar-refractivity contribution in [1.82, 2.24) is 0 Å². The summed E-state index contributed by atoms with van der Waals surface area (Å²) in [6, 6.07) is 8.16. The van der Waals surface area contributed by atoms with Crippen molar-refractivity contribution in [1.29, 1.82) is 0 Å². The van der Waals surface area contributed by atoms with Crippen molar-refractivity contribution in [3.8, 4) is 11.8 Å². The second-order valence-corrected chi connectivity index (χ2v) is 4.55. The van der Waals surface area contributed by atoms with E-state index in [1.54, 1.807) is 13.8 Å². The smallest absolute Gasteiger partial charge is 0.144 e. The van der Waals surface area contributed by atoms with Crippen LogP contribution in [0.25, 0.3) is 0 Å². The Bertz CT molecular complexity index is 441. The van der Waals surface area contributed by atoms with Gasteiger partial charge in [-0.25, -0.2) is 0 Å². The van der Waals surface area contributed by atoms with Crippen molar-refractivity contribution in [3.63, 3.8) is 0 Å². The Hall–Kier alpha value is -1.52. The molecule has 0 aromatic heterocycles. The number of rotatable bonds is 3. The zero-order chi connectivity index (χ0) is 12.9. The van der Waals surface area contributed by atoms with Crippen molar-refractivity contribution < 1.29 is 5.11 Å². The molecular weight excluding hydrogens is 208 g/mol. The van der Waals surface area contributed by atoms with Crippen LogP contribution >= 0.6 is 0 Å². The van der Waals surface area contributed by atoms with Crippen LogP contribution in [0.2, 0.25) is 0 Å². The minimum absolute atomic E-state index is 0.660. The Morgan fingerprint density at radius 3 is 2.41 bits per heavy atom. The van der Waals surface area contributed by atoms with E-state index in [2.05, 4.69) is 37.5 Å². The maximum Gasteiger partial charge on any atom is 0.144 e. The highest BCUT2D eigenvalue weighted by Gasteiger charge is 2.16. The SMILES string of the molecule is C=C(C)C(C)(O)C#Cc1ccc(CCC)cc1. The largest absolute Gasteiger partial charge is 0.374 e. The van der Waals surface area contributed by atoms with E-state index < -0.39 is 5.60 Å². The predicted molar refractivity (Wildman–Crippen MR) is 72.8 cm³/mol. The van der Waals surface area contributed by atoms with Gasteiger partial charge in [-0.1, -0.05) is 43.9 Å². The van der Waals surface area contributed by atoms with Crippen LogP contribution in [0, 0.1) is 11.8 Å². The van der Waals surface area contributed by atoms with Gasteiger partial charge >= 0.3 is 0 Å². The molecule has 0 saturated heterocycles. The van der Waals surface area contributed by atoms with Gasteiger partial charge in [-0.3, -0.25) is 0 Å². The molecular formula is C16H20O. The zero-order valence-electron chi connectivity index (χ0n) is 10.9.